The molecular formula is C13H16F3NO3. The van der Waals surface area contributed by atoms with E-state index in [0.717, 1.165) is 13.2 Å². The molecule has 112 valence electrons. The lowest BCUT2D eigenvalue weighted by atomic mass is 10.1. The van der Waals surface area contributed by atoms with E-state index in [-0.39, 0.29) is 18.7 Å². The van der Waals surface area contributed by atoms with Crippen LogP contribution in [0.25, 0.3) is 0 Å². The molecule has 0 aromatic heterocycles. The van der Waals surface area contributed by atoms with Gasteiger partial charge >= 0.3 is 12.1 Å². The van der Waals surface area contributed by atoms with E-state index in [4.69, 9.17) is 0 Å². The maximum absolute atomic E-state index is 12.7. The lowest BCUT2D eigenvalue weighted by Crippen LogP contribution is -2.45. The highest BCUT2D eigenvalue weighted by molar-refractivity contribution is 5.78. The molecule has 0 saturated heterocycles. The Bertz CT molecular complexity index is 472. The number of halogens is 3. The molecule has 20 heavy (non-hydrogen) atoms. The Balaban J connectivity index is 2.70. The molecule has 0 aliphatic carbocycles. The van der Waals surface area contributed by atoms with Crippen LogP contribution in [0.1, 0.15) is 18.1 Å². The number of esters is 1. The second kappa shape index (κ2) is 6.23. The largest absolute Gasteiger partial charge is 0.467 e. The van der Waals surface area contributed by atoms with Crippen LogP contribution < -0.4 is 5.32 Å². The molecule has 0 amide bonds. The van der Waals surface area contributed by atoms with Gasteiger partial charge in [0.25, 0.3) is 0 Å². The number of ether oxygens (including phenoxy) is 1. The summed E-state index contributed by atoms with van der Waals surface area (Å²) in [6.45, 7) is 0.885. The van der Waals surface area contributed by atoms with Gasteiger partial charge in [0, 0.05) is 13.1 Å². The number of benzene rings is 1. The van der Waals surface area contributed by atoms with Crippen LogP contribution in [-0.2, 0) is 22.3 Å². The minimum Gasteiger partial charge on any atom is -0.467 e. The highest BCUT2D eigenvalue weighted by atomic mass is 19.4. The van der Waals surface area contributed by atoms with E-state index < -0.39 is 23.3 Å². The Kier molecular flexibility index (Phi) is 5.13. The second-order valence-electron chi connectivity index (χ2n) is 4.52. The van der Waals surface area contributed by atoms with Gasteiger partial charge in [-0.3, -0.25) is 0 Å². The first-order chi connectivity index (χ1) is 9.18. The number of methoxy groups -OCH3 is 1. The highest BCUT2D eigenvalue weighted by Gasteiger charge is 2.34. The van der Waals surface area contributed by atoms with Crippen LogP contribution in [0.15, 0.2) is 24.3 Å². The van der Waals surface area contributed by atoms with Crippen LogP contribution in [-0.4, -0.2) is 30.3 Å². The molecule has 7 heteroatoms. The van der Waals surface area contributed by atoms with E-state index in [1.165, 1.54) is 25.1 Å². The first-order valence-electron chi connectivity index (χ1n) is 5.85. The predicted molar refractivity (Wildman–Crippen MR) is 65.8 cm³/mol. The summed E-state index contributed by atoms with van der Waals surface area (Å²) in [6, 6.07) is 5.11. The lowest BCUT2D eigenvalue weighted by molar-refractivity contribution is -0.160. The third-order valence-corrected chi connectivity index (χ3v) is 2.73. The maximum atomic E-state index is 12.7. The fourth-order valence-corrected chi connectivity index (χ4v) is 1.68. The summed E-state index contributed by atoms with van der Waals surface area (Å²) in [7, 11) is 1.12. The molecule has 0 saturated carbocycles. The number of alkyl halides is 3. The number of carbonyl (C=O) groups is 1. The van der Waals surface area contributed by atoms with Gasteiger partial charge in [0.2, 0.25) is 0 Å². The number of hydrogen-bond donors (Lipinski definition) is 2. The van der Waals surface area contributed by atoms with Gasteiger partial charge in [0.05, 0.1) is 12.7 Å². The number of hydrogen-bond acceptors (Lipinski definition) is 4. The number of aliphatic hydroxyl groups is 1. The van der Waals surface area contributed by atoms with Crippen molar-refractivity contribution < 1.29 is 27.8 Å². The zero-order valence-corrected chi connectivity index (χ0v) is 11.1. The van der Waals surface area contributed by atoms with Gasteiger partial charge in [-0.25, -0.2) is 4.79 Å². The van der Waals surface area contributed by atoms with Crippen molar-refractivity contribution >= 4 is 5.97 Å². The SMILES string of the molecule is COC(=O)C(C)(O)CNCc1ccccc1C(F)(F)F. The second-order valence-corrected chi connectivity index (χ2v) is 4.52. The average molecular weight is 291 g/mol. The molecule has 2 N–H and O–H groups in total. The van der Waals surface area contributed by atoms with Gasteiger partial charge in [-0.15, -0.1) is 0 Å². The maximum Gasteiger partial charge on any atom is 0.416 e. The van der Waals surface area contributed by atoms with Crippen LogP contribution in [0.4, 0.5) is 13.2 Å². The summed E-state index contributed by atoms with van der Waals surface area (Å²) in [4.78, 5) is 11.2. The molecule has 0 aliphatic heterocycles. The fraction of sp³-hybridized carbons (Fsp3) is 0.462. The van der Waals surface area contributed by atoms with Crippen molar-refractivity contribution in [2.75, 3.05) is 13.7 Å². The van der Waals surface area contributed by atoms with Crippen molar-refractivity contribution in [2.24, 2.45) is 0 Å². The first-order valence-corrected chi connectivity index (χ1v) is 5.85. The van der Waals surface area contributed by atoms with Crippen LogP contribution in [0.3, 0.4) is 0 Å². The highest BCUT2D eigenvalue weighted by Crippen LogP contribution is 2.31. The average Bonchev–Trinajstić information content (AvgIpc) is 2.37. The normalized spacial score (nSPS) is 14.7. The Morgan fingerprint density at radius 3 is 2.50 bits per heavy atom. The van der Waals surface area contributed by atoms with E-state index in [2.05, 4.69) is 10.1 Å². The molecule has 0 bridgehead atoms. The summed E-state index contributed by atoms with van der Waals surface area (Å²) in [5.41, 5.74) is -2.49. The van der Waals surface area contributed by atoms with Crippen molar-refractivity contribution in [1.82, 2.24) is 5.32 Å². The topological polar surface area (TPSA) is 58.6 Å². The predicted octanol–water partition coefficient (Wildman–Crippen LogP) is 1.72. The Labute approximate surface area is 114 Å². The third-order valence-electron chi connectivity index (χ3n) is 2.73. The van der Waals surface area contributed by atoms with Crippen LogP contribution in [0, 0.1) is 0 Å². The van der Waals surface area contributed by atoms with Crippen molar-refractivity contribution in [3.05, 3.63) is 35.4 Å². The van der Waals surface area contributed by atoms with E-state index in [0.29, 0.717) is 0 Å². The quantitative estimate of drug-likeness (QED) is 0.811. The van der Waals surface area contributed by atoms with Gasteiger partial charge in [0.15, 0.2) is 5.60 Å². The smallest absolute Gasteiger partial charge is 0.416 e. The molecule has 1 aromatic rings. The van der Waals surface area contributed by atoms with E-state index in [9.17, 15) is 23.1 Å². The molecule has 0 heterocycles. The molecule has 0 fully saturated rings. The van der Waals surface area contributed by atoms with E-state index >= 15 is 0 Å². The zero-order chi connectivity index (χ0) is 15.4. The minimum atomic E-state index is -4.44. The Morgan fingerprint density at radius 2 is 1.95 bits per heavy atom. The van der Waals surface area contributed by atoms with Crippen LogP contribution in [0.5, 0.6) is 0 Å². The molecule has 1 rings (SSSR count). The minimum absolute atomic E-state index is 0.0423. The van der Waals surface area contributed by atoms with Gasteiger partial charge in [-0.1, -0.05) is 18.2 Å². The lowest BCUT2D eigenvalue weighted by Gasteiger charge is -2.21. The van der Waals surface area contributed by atoms with Gasteiger partial charge in [0.1, 0.15) is 0 Å². The number of carbonyl (C=O) groups excluding carboxylic acids is 1. The van der Waals surface area contributed by atoms with Crippen molar-refractivity contribution in [3.63, 3.8) is 0 Å². The molecule has 1 atom stereocenters. The molecule has 1 unspecified atom stereocenters. The zero-order valence-electron chi connectivity index (χ0n) is 11.1. The van der Waals surface area contributed by atoms with Crippen molar-refractivity contribution in [2.45, 2.75) is 25.2 Å². The molecular weight excluding hydrogens is 275 g/mol. The summed E-state index contributed by atoms with van der Waals surface area (Å²) in [6.07, 6.45) is -4.44. The summed E-state index contributed by atoms with van der Waals surface area (Å²) in [5.74, 6) is -0.853. The Morgan fingerprint density at radius 1 is 1.35 bits per heavy atom. The first kappa shape index (κ1) is 16.5. The number of nitrogens with one attached hydrogen (secondary N) is 1. The van der Waals surface area contributed by atoms with E-state index in [1.807, 2.05) is 0 Å². The van der Waals surface area contributed by atoms with Crippen molar-refractivity contribution in [3.8, 4) is 0 Å². The Hall–Kier alpha value is -1.60. The molecule has 0 spiro atoms. The molecule has 4 nitrogen and oxygen atoms in total. The molecule has 0 radical (unpaired) electrons. The van der Waals surface area contributed by atoms with Gasteiger partial charge in [-0.05, 0) is 18.6 Å². The van der Waals surface area contributed by atoms with Gasteiger partial charge < -0.3 is 15.2 Å². The monoisotopic (exact) mass is 291 g/mol. The molecule has 1 aromatic carbocycles. The van der Waals surface area contributed by atoms with Crippen LogP contribution in [0.2, 0.25) is 0 Å². The number of rotatable bonds is 5. The van der Waals surface area contributed by atoms with Gasteiger partial charge in [-0.2, -0.15) is 13.2 Å². The van der Waals surface area contributed by atoms with Crippen LogP contribution >= 0.6 is 0 Å². The summed E-state index contributed by atoms with van der Waals surface area (Å²) >= 11 is 0. The van der Waals surface area contributed by atoms with E-state index in [1.54, 1.807) is 0 Å². The fourth-order valence-electron chi connectivity index (χ4n) is 1.68. The summed E-state index contributed by atoms with van der Waals surface area (Å²) in [5, 5.41) is 12.3. The summed E-state index contributed by atoms with van der Waals surface area (Å²) < 4.78 is 42.6. The standard InChI is InChI=1S/C13H16F3NO3/c1-12(19,11(18)20-2)8-17-7-9-5-3-4-6-10(9)13(14,15)16/h3-6,17,19H,7-8H2,1-2H3. The van der Waals surface area contributed by atoms with Crippen molar-refractivity contribution in [1.29, 1.82) is 0 Å². The molecule has 0 aliphatic rings. The third kappa shape index (κ3) is 4.21.